The van der Waals surface area contributed by atoms with Crippen molar-refractivity contribution in [3.05, 3.63) is 65.7 Å². The number of ether oxygens (including phenoxy) is 1. The van der Waals surface area contributed by atoms with Gasteiger partial charge >= 0.3 is 5.97 Å². The van der Waals surface area contributed by atoms with E-state index in [4.69, 9.17) is 9.73 Å². The minimum atomic E-state index is -0.342. The number of carbonyl (C=O) groups is 1. The van der Waals surface area contributed by atoms with Crippen molar-refractivity contribution >= 4 is 17.4 Å². The first-order valence-electron chi connectivity index (χ1n) is 7.21. The van der Waals surface area contributed by atoms with Gasteiger partial charge in [-0.15, -0.1) is 0 Å². The minimum Gasteiger partial charge on any atom is -0.457 e. The van der Waals surface area contributed by atoms with E-state index < -0.39 is 0 Å². The largest absolute Gasteiger partial charge is 0.457 e. The predicted octanol–water partition coefficient (Wildman–Crippen LogP) is 3.15. The molecule has 102 valence electrons. The highest BCUT2D eigenvalue weighted by Gasteiger charge is 2.80. The number of nitrogens with zero attached hydrogens (tertiary/aromatic N) is 1. The summed E-state index contributed by atoms with van der Waals surface area (Å²) in [5.41, 5.74) is 3.82. The van der Waals surface area contributed by atoms with Gasteiger partial charge in [0.25, 0.3) is 0 Å². The Balaban J connectivity index is 1.71. The molecule has 0 aromatic heterocycles. The van der Waals surface area contributed by atoms with Crippen LogP contribution in [0, 0.1) is 0 Å². The summed E-state index contributed by atoms with van der Waals surface area (Å²) in [5.74, 6) is -0.0938. The van der Waals surface area contributed by atoms with Crippen molar-refractivity contribution in [2.45, 2.75) is 23.9 Å². The first-order valence-corrected chi connectivity index (χ1v) is 7.21. The zero-order chi connectivity index (χ0) is 14.1. The number of benzene rings is 2. The van der Waals surface area contributed by atoms with Gasteiger partial charge in [-0.1, -0.05) is 48.5 Å². The number of aliphatic imine (C=N–C) groups is 1. The third-order valence-electron chi connectivity index (χ3n) is 4.99. The van der Waals surface area contributed by atoms with Gasteiger partial charge in [-0.3, -0.25) is 9.79 Å². The van der Waals surface area contributed by atoms with E-state index in [9.17, 15) is 4.79 Å². The topological polar surface area (TPSA) is 38.7 Å². The van der Waals surface area contributed by atoms with Crippen LogP contribution >= 0.6 is 0 Å². The Morgan fingerprint density at radius 2 is 1.71 bits per heavy atom. The molecule has 3 nitrogen and oxygen atoms in total. The molecule has 2 heterocycles. The van der Waals surface area contributed by atoms with E-state index in [-0.39, 0.29) is 17.0 Å². The third kappa shape index (κ3) is 1.20. The monoisotopic (exact) mass is 275 g/mol. The van der Waals surface area contributed by atoms with Crippen LogP contribution < -0.4 is 0 Å². The van der Waals surface area contributed by atoms with E-state index in [0.29, 0.717) is 6.42 Å². The second-order valence-electron chi connectivity index (χ2n) is 6.07. The molecule has 21 heavy (non-hydrogen) atoms. The van der Waals surface area contributed by atoms with Crippen molar-refractivity contribution in [3.63, 3.8) is 0 Å². The Morgan fingerprint density at radius 1 is 1.00 bits per heavy atom. The second-order valence-corrected chi connectivity index (χ2v) is 6.07. The molecule has 5 rings (SSSR count). The molecule has 2 atom stereocenters. The summed E-state index contributed by atoms with van der Waals surface area (Å²) in [6.07, 6.45) is 1.36. The highest BCUT2D eigenvalue weighted by Crippen LogP contribution is 2.70. The van der Waals surface area contributed by atoms with Crippen LogP contribution in [0.3, 0.4) is 0 Å². The molecule has 0 amide bonds. The van der Waals surface area contributed by atoms with Crippen molar-refractivity contribution in [3.8, 4) is 0 Å². The van der Waals surface area contributed by atoms with Crippen LogP contribution in [0.25, 0.3) is 0 Å². The van der Waals surface area contributed by atoms with Crippen molar-refractivity contribution in [1.29, 1.82) is 0 Å². The normalized spacial score (nSPS) is 31.6. The van der Waals surface area contributed by atoms with Gasteiger partial charge < -0.3 is 4.74 Å². The summed E-state index contributed by atoms with van der Waals surface area (Å²) in [4.78, 5) is 16.3. The summed E-state index contributed by atoms with van der Waals surface area (Å²) in [7, 11) is 0. The lowest BCUT2D eigenvalue weighted by Gasteiger charge is -2.31. The molecule has 2 spiro atoms. The smallest absolute Gasteiger partial charge is 0.310 e. The summed E-state index contributed by atoms with van der Waals surface area (Å²) < 4.78 is 5.56. The summed E-state index contributed by atoms with van der Waals surface area (Å²) >= 11 is 0. The number of para-hydroxylation sites is 1. The van der Waals surface area contributed by atoms with Crippen LogP contribution in [-0.2, 0) is 14.9 Å². The lowest BCUT2D eigenvalue weighted by molar-refractivity contribution is -0.175. The van der Waals surface area contributed by atoms with Gasteiger partial charge in [0.15, 0.2) is 0 Å². The van der Waals surface area contributed by atoms with E-state index in [1.54, 1.807) is 0 Å². The Bertz CT molecular complexity index is 801. The highest BCUT2D eigenvalue weighted by molar-refractivity contribution is 6.17. The van der Waals surface area contributed by atoms with E-state index in [2.05, 4.69) is 18.2 Å². The Kier molecular flexibility index (Phi) is 1.84. The van der Waals surface area contributed by atoms with Crippen LogP contribution in [0.2, 0.25) is 0 Å². The van der Waals surface area contributed by atoms with Gasteiger partial charge in [-0.2, -0.15) is 0 Å². The average Bonchev–Trinajstić information content (AvgIpc) is 3.04. The number of esters is 1. The maximum Gasteiger partial charge on any atom is 0.310 e. The molecule has 1 aliphatic carbocycles. The zero-order valence-electron chi connectivity index (χ0n) is 11.4. The fourth-order valence-electron chi connectivity index (χ4n) is 3.99. The molecule has 2 aromatic carbocycles. The van der Waals surface area contributed by atoms with Crippen molar-refractivity contribution in [2.75, 3.05) is 0 Å². The van der Waals surface area contributed by atoms with Crippen molar-refractivity contribution in [1.82, 2.24) is 0 Å². The minimum absolute atomic E-state index is 0.0938. The van der Waals surface area contributed by atoms with Gasteiger partial charge in [0, 0.05) is 6.42 Å². The first kappa shape index (κ1) is 11.3. The number of hydrogen-bond donors (Lipinski definition) is 0. The van der Waals surface area contributed by atoms with Crippen molar-refractivity contribution < 1.29 is 9.53 Å². The lowest BCUT2D eigenvalue weighted by Crippen LogP contribution is -2.44. The van der Waals surface area contributed by atoms with Crippen molar-refractivity contribution in [2.24, 2.45) is 4.99 Å². The average molecular weight is 275 g/mol. The van der Waals surface area contributed by atoms with Crippen LogP contribution in [-0.4, -0.2) is 17.3 Å². The van der Waals surface area contributed by atoms with Gasteiger partial charge in [0.05, 0.1) is 23.2 Å². The molecule has 0 radical (unpaired) electrons. The fourth-order valence-corrected chi connectivity index (χ4v) is 3.99. The molecule has 2 aromatic rings. The first-order chi connectivity index (χ1) is 10.3. The van der Waals surface area contributed by atoms with Crippen LogP contribution in [0.5, 0.6) is 0 Å². The molecule has 0 bridgehead atoms. The highest BCUT2D eigenvalue weighted by atomic mass is 16.6. The molecule has 3 heteroatoms. The van der Waals surface area contributed by atoms with Gasteiger partial charge in [-0.05, 0) is 17.2 Å². The number of rotatable bonds is 1. The molecule has 1 saturated carbocycles. The SMILES string of the molecule is O=C1C[C@@]2(CC23C(c2ccccc2)=Nc2ccccc23)O1. The van der Waals surface area contributed by atoms with Crippen LogP contribution in [0.15, 0.2) is 59.6 Å². The molecular weight excluding hydrogens is 262 g/mol. The molecule has 2 fully saturated rings. The molecule has 1 saturated heterocycles. The Morgan fingerprint density at radius 3 is 2.48 bits per heavy atom. The Labute approximate surface area is 122 Å². The second kappa shape index (κ2) is 3.42. The third-order valence-corrected chi connectivity index (χ3v) is 4.99. The fraction of sp³-hybridized carbons (Fsp3) is 0.222. The van der Waals surface area contributed by atoms with Gasteiger partial charge in [-0.25, -0.2) is 0 Å². The maximum atomic E-state index is 11.4. The number of fused-ring (bicyclic) bond motifs is 3. The van der Waals surface area contributed by atoms with E-state index in [1.807, 2.05) is 36.4 Å². The van der Waals surface area contributed by atoms with E-state index in [1.165, 1.54) is 5.56 Å². The Hall–Kier alpha value is -2.42. The van der Waals surface area contributed by atoms with Crippen LogP contribution in [0.1, 0.15) is 24.0 Å². The number of carbonyl (C=O) groups excluding carboxylic acids is 1. The summed E-state index contributed by atoms with van der Waals surface area (Å²) in [5, 5.41) is 0. The van der Waals surface area contributed by atoms with E-state index in [0.717, 1.165) is 23.4 Å². The molecular formula is C18H13NO2. The van der Waals surface area contributed by atoms with E-state index >= 15 is 0 Å². The standard InChI is InChI=1S/C18H13NO2/c20-15-10-17(21-15)11-18(17)13-8-4-5-9-14(13)19-16(18)12-6-2-1-3-7-12/h1-9H,10-11H2/t17-,18?/m0/s1. The predicted molar refractivity (Wildman–Crippen MR) is 78.8 cm³/mol. The lowest BCUT2D eigenvalue weighted by atomic mass is 9.83. The molecule has 0 N–H and O–H groups in total. The zero-order valence-corrected chi connectivity index (χ0v) is 11.4. The molecule has 1 unspecified atom stereocenters. The van der Waals surface area contributed by atoms with Crippen LogP contribution in [0.4, 0.5) is 5.69 Å². The molecule has 3 aliphatic rings. The molecule has 2 aliphatic heterocycles. The summed E-state index contributed by atoms with van der Waals surface area (Å²) in [6.45, 7) is 0. The van der Waals surface area contributed by atoms with Gasteiger partial charge in [0.1, 0.15) is 5.60 Å². The van der Waals surface area contributed by atoms with Gasteiger partial charge in [0.2, 0.25) is 0 Å². The quantitative estimate of drug-likeness (QED) is 0.750. The maximum absolute atomic E-state index is 11.4. The summed E-state index contributed by atoms with van der Waals surface area (Å²) in [6, 6.07) is 18.4. The number of hydrogen-bond acceptors (Lipinski definition) is 3.